The van der Waals surface area contributed by atoms with Crippen LogP contribution in [-0.2, 0) is 4.79 Å². The monoisotopic (exact) mass is 239 g/mol. The normalized spacial score (nSPS) is 23.3. The lowest BCUT2D eigenvalue weighted by atomic mass is 9.84. The Morgan fingerprint density at radius 1 is 1.59 bits per heavy atom. The third-order valence-corrected chi connectivity index (χ3v) is 3.79. The van der Waals surface area contributed by atoms with Crippen LogP contribution in [0.15, 0.2) is 12.2 Å². The minimum atomic E-state index is -0.674. The molecule has 1 fully saturated rings. The highest BCUT2D eigenvalue weighted by Gasteiger charge is 2.25. The van der Waals surface area contributed by atoms with E-state index in [4.69, 9.17) is 5.11 Å². The van der Waals surface area contributed by atoms with Gasteiger partial charge in [0.1, 0.15) is 0 Å². The van der Waals surface area contributed by atoms with Crippen LogP contribution >= 0.6 is 0 Å². The standard InChI is InChI=1S/C14H25NO2/c1-4-11(2)9-15-7-5-6-13(10-15)12(3)8-14(16)17/h12-13H,2,4-10H2,1,3H3,(H,16,17). The van der Waals surface area contributed by atoms with E-state index in [-0.39, 0.29) is 5.92 Å². The Hall–Kier alpha value is -0.830. The zero-order valence-electron chi connectivity index (χ0n) is 11.1. The first-order valence-electron chi connectivity index (χ1n) is 6.63. The van der Waals surface area contributed by atoms with Crippen molar-refractivity contribution < 1.29 is 9.90 Å². The maximum atomic E-state index is 10.7. The van der Waals surface area contributed by atoms with Crippen LogP contribution in [0.25, 0.3) is 0 Å². The molecule has 0 aromatic carbocycles. The number of hydrogen-bond acceptors (Lipinski definition) is 2. The van der Waals surface area contributed by atoms with E-state index in [0.29, 0.717) is 12.3 Å². The third kappa shape index (κ3) is 4.90. The van der Waals surface area contributed by atoms with Gasteiger partial charge in [0, 0.05) is 19.5 Å². The third-order valence-electron chi connectivity index (χ3n) is 3.79. The predicted molar refractivity (Wildman–Crippen MR) is 70.0 cm³/mol. The molecule has 98 valence electrons. The zero-order valence-corrected chi connectivity index (χ0v) is 11.1. The van der Waals surface area contributed by atoms with Gasteiger partial charge in [0.25, 0.3) is 0 Å². The summed E-state index contributed by atoms with van der Waals surface area (Å²) < 4.78 is 0. The van der Waals surface area contributed by atoms with E-state index in [1.54, 1.807) is 0 Å². The lowest BCUT2D eigenvalue weighted by molar-refractivity contribution is -0.138. The minimum absolute atomic E-state index is 0.283. The second-order valence-electron chi connectivity index (χ2n) is 5.32. The number of carboxylic acid groups (broad SMARTS) is 1. The Morgan fingerprint density at radius 3 is 2.88 bits per heavy atom. The average molecular weight is 239 g/mol. The van der Waals surface area contributed by atoms with Gasteiger partial charge >= 0.3 is 5.97 Å². The van der Waals surface area contributed by atoms with Crippen molar-refractivity contribution in [2.75, 3.05) is 19.6 Å². The lowest BCUT2D eigenvalue weighted by Gasteiger charge is -2.35. The number of rotatable bonds is 6. The van der Waals surface area contributed by atoms with E-state index < -0.39 is 5.97 Å². The molecule has 0 aromatic heterocycles. The first kappa shape index (κ1) is 14.2. The fourth-order valence-electron chi connectivity index (χ4n) is 2.57. The van der Waals surface area contributed by atoms with Crippen molar-refractivity contribution in [2.24, 2.45) is 11.8 Å². The summed E-state index contributed by atoms with van der Waals surface area (Å²) in [5, 5.41) is 8.84. The van der Waals surface area contributed by atoms with Crippen LogP contribution in [-0.4, -0.2) is 35.6 Å². The summed E-state index contributed by atoms with van der Waals surface area (Å²) in [7, 11) is 0. The van der Waals surface area contributed by atoms with Crippen LogP contribution in [0, 0.1) is 11.8 Å². The molecule has 0 bridgehead atoms. The molecule has 0 radical (unpaired) electrons. The maximum Gasteiger partial charge on any atom is 0.303 e. The summed E-state index contributed by atoms with van der Waals surface area (Å²) >= 11 is 0. The van der Waals surface area contributed by atoms with Gasteiger partial charge in [0.15, 0.2) is 0 Å². The van der Waals surface area contributed by atoms with Crippen molar-refractivity contribution in [1.82, 2.24) is 4.90 Å². The fourth-order valence-corrected chi connectivity index (χ4v) is 2.57. The summed E-state index contributed by atoms with van der Waals surface area (Å²) in [5.41, 5.74) is 1.27. The predicted octanol–water partition coefficient (Wildman–Crippen LogP) is 2.78. The smallest absolute Gasteiger partial charge is 0.303 e. The molecule has 0 amide bonds. The summed E-state index contributed by atoms with van der Waals surface area (Å²) in [6, 6.07) is 0. The van der Waals surface area contributed by atoms with Gasteiger partial charge in [-0.25, -0.2) is 0 Å². The summed E-state index contributed by atoms with van der Waals surface area (Å²) in [6.07, 6.45) is 3.69. The van der Waals surface area contributed by atoms with Crippen molar-refractivity contribution in [3.63, 3.8) is 0 Å². The van der Waals surface area contributed by atoms with E-state index >= 15 is 0 Å². The first-order valence-corrected chi connectivity index (χ1v) is 6.63. The highest BCUT2D eigenvalue weighted by Crippen LogP contribution is 2.26. The Balaban J connectivity index is 2.42. The molecule has 0 aliphatic carbocycles. The second-order valence-corrected chi connectivity index (χ2v) is 5.32. The van der Waals surface area contributed by atoms with Crippen LogP contribution in [0.1, 0.15) is 39.5 Å². The van der Waals surface area contributed by atoms with E-state index in [9.17, 15) is 4.79 Å². The topological polar surface area (TPSA) is 40.5 Å². The molecule has 3 nitrogen and oxygen atoms in total. The number of carboxylic acids is 1. The summed E-state index contributed by atoms with van der Waals surface area (Å²) in [6.45, 7) is 11.4. The molecule has 1 saturated heterocycles. The quantitative estimate of drug-likeness (QED) is 0.725. The molecule has 1 N–H and O–H groups in total. The largest absolute Gasteiger partial charge is 0.481 e. The van der Waals surface area contributed by atoms with Crippen molar-refractivity contribution >= 4 is 5.97 Å². The average Bonchev–Trinajstić information content (AvgIpc) is 2.28. The van der Waals surface area contributed by atoms with Crippen molar-refractivity contribution in [2.45, 2.75) is 39.5 Å². The molecule has 1 rings (SSSR count). The molecule has 2 unspecified atom stereocenters. The van der Waals surface area contributed by atoms with E-state index in [1.165, 1.54) is 18.4 Å². The van der Waals surface area contributed by atoms with Crippen LogP contribution in [0.4, 0.5) is 0 Å². The van der Waals surface area contributed by atoms with Gasteiger partial charge in [-0.05, 0) is 37.6 Å². The van der Waals surface area contributed by atoms with Gasteiger partial charge < -0.3 is 5.11 Å². The molecular formula is C14H25NO2. The zero-order chi connectivity index (χ0) is 12.8. The molecule has 0 saturated carbocycles. The van der Waals surface area contributed by atoms with Gasteiger partial charge in [0.05, 0.1) is 0 Å². The highest BCUT2D eigenvalue weighted by atomic mass is 16.4. The minimum Gasteiger partial charge on any atom is -0.481 e. The maximum absolute atomic E-state index is 10.7. The second kappa shape index (κ2) is 6.80. The van der Waals surface area contributed by atoms with Gasteiger partial charge in [-0.1, -0.05) is 26.0 Å². The lowest BCUT2D eigenvalue weighted by Crippen LogP contribution is -2.39. The van der Waals surface area contributed by atoms with Crippen LogP contribution in [0.5, 0.6) is 0 Å². The van der Waals surface area contributed by atoms with Gasteiger partial charge in [-0.3, -0.25) is 9.69 Å². The highest BCUT2D eigenvalue weighted by molar-refractivity contribution is 5.67. The van der Waals surface area contributed by atoms with Gasteiger partial charge in [0.2, 0.25) is 0 Å². The van der Waals surface area contributed by atoms with Crippen LogP contribution < -0.4 is 0 Å². The number of aliphatic carboxylic acids is 1. The number of nitrogens with zero attached hydrogens (tertiary/aromatic N) is 1. The number of carbonyl (C=O) groups is 1. The molecular weight excluding hydrogens is 214 g/mol. The van der Waals surface area contributed by atoms with E-state index in [2.05, 4.69) is 25.3 Å². The Labute approximate surface area is 105 Å². The van der Waals surface area contributed by atoms with Crippen LogP contribution in [0.2, 0.25) is 0 Å². The molecule has 17 heavy (non-hydrogen) atoms. The van der Waals surface area contributed by atoms with Crippen molar-refractivity contribution in [3.8, 4) is 0 Å². The Bertz CT molecular complexity index is 275. The van der Waals surface area contributed by atoms with Gasteiger partial charge in [-0.15, -0.1) is 0 Å². The molecule has 0 aromatic rings. The number of likely N-dealkylation sites (tertiary alicyclic amines) is 1. The number of piperidine rings is 1. The Morgan fingerprint density at radius 2 is 2.29 bits per heavy atom. The molecule has 2 atom stereocenters. The molecule has 3 heteroatoms. The van der Waals surface area contributed by atoms with Crippen molar-refractivity contribution in [3.05, 3.63) is 12.2 Å². The summed E-state index contributed by atoms with van der Waals surface area (Å²) in [5.74, 6) is 0.141. The molecule has 1 aliphatic rings. The molecule has 0 spiro atoms. The van der Waals surface area contributed by atoms with Crippen LogP contribution in [0.3, 0.4) is 0 Å². The van der Waals surface area contributed by atoms with Crippen molar-refractivity contribution in [1.29, 1.82) is 0 Å². The Kier molecular flexibility index (Phi) is 5.69. The van der Waals surface area contributed by atoms with E-state index in [1.807, 2.05) is 0 Å². The first-order chi connectivity index (χ1) is 8.02. The SMILES string of the molecule is C=C(CC)CN1CCCC(C(C)CC(=O)O)C1. The number of hydrogen-bond donors (Lipinski definition) is 1. The van der Waals surface area contributed by atoms with E-state index in [0.717, 1.165) is 26.1 Å². The summed E-state index contributed by atoms with van der Waals surface area (Å²) in [4.78, 5) is 13.2. The molecule has 1 heterocycles. The molecule has 1 aliphatic heterocycles. The van der Waals surface area contributed by atoms with Gasteiger partial charge in [-0.2, -0.15) is 0 Å². The fraction of sp³-hybridized carbons (Fsp3) is 0.786.